The second kappa shape index (κ2) is 9.24. The van der Waals surface area contributed by atoms with Gasteiger partial charge in [0, 0.05) is 24.8 Å². The molecule has 2 aromatic rings. The smallest absolute Gasteiger partial charge is 0.233 e. The third kappa shape index (κ3) is 5.35. The Kier molecular flexibility index (Phi) is 7.29. The molecular formula is C20H29N3O2S. The lowest BCUT2D eigenvalue weighted by Crippen LogP contribution is -2.43. The highest BCUT2D eigenvalue weighted by molar-refractivity contribution is 7.99. The van der Waals surface area contributed by atoms with Crippen LogP contribution in [-0.4, -0.2) is 43.3 Å². The van der Waals surface area contributed by atoms with Gasteiger partial charge in [0.05, 0.1) is 18.1 Å². The van der Waals surface area contributed by atoms with E-state index < -0.39 is 0 Å². The molecular weight excluding hydrogens is 346 g/mol. The number of aliphatic hydroxyl groups excluding tert-OH is 1. The monoisotopic (exact) mass is 375 g/mol. The number of amides is 1. The first-order valence-corrected chi connectivity index (χ1v) is 9.96. The van der Waals surface area contributed by atoms with Gasteiger partial charge in [0.25, 0.3) is 0 Å². The number of rotatable bonds is 8. The highest BCUT2D eigenvalue weighted by atomic mass is 32.2. The van der Waals surface area contributed by atoms with Gasteiger partial charge in [-0.25, -0.2) is 4.98 Å². The summed E-state index contributed by atoms with van der Waals surface area (Å²) in [5.41, 5.74) is 3.01. The molecule has 0 radical (unpaired) electrons. The van der Waals surface area contributed by atoms with E-state index in [4.69, 9.17) is 0 Å². The van der Waals surface area contributed by atoms with Crippen molar-refractivity contribution in [2.75, 3.05) is 5.75 Å². The van der Waals surface area contributed by atoms with Crippen molar-refractivity contribution >= 4 is 17.7 Å². The fourth-order valence-corrected chi connectivity index (χ4v) is 3.89. The van der Waals surface area contributed by atoms with Crippen LogP contribution in [0.4, 0.5) is 0 Å². The molecule has 6 heteroatoms. The number of carbonyl (C=O) groups is 1. The highest BCUT2D eigenvalue weighted by Gasteiger charge is 2.21. The summed E-state index contributed by atoms with van der Waals surface area (Å²) in [7, 11) is 0. The van der Waals surface area contributed by atoms with Crippen molar-refractivity contribution in [2.45, 2.75) is 65.0 Å². The third-order valence-corrected chi connectivity index (χ3v) is 5.13. The van der Waals surface area contributed by atoms with E-state index in [1.54, 1.807) is 0 Å². The molecule has 142 valence electrons. The number of nitrogens with zero attached hydrogens (tertiary/aromatic N) is 3. The van der Waals surface area contributed by atoms with E-state index in [1.807, 2.05) is 43.4 Å². The van der Waals surface area contributed by atoms with Crippen molar-refractivity contribution in [1.29, 1.82) is 0 Å². The molecule has 0 aliphatic rings. The molecule has 1 amide bonds. The second-order valence-corrected chi connectivity index (χ2v) is 8.01. The third-order valence-electron chi connectivity index (χ3n) is 4.15. The van der Waals surface area contributed by atoms with Crippen LogP contribution >= 0.6 is 11.8 Å². The maximum absolute atomic E-state index is 12.6. The van der Waals surface area contributed by atoms with Crippen LogP contribution in [0.15, 0.2) is 35.6 Å². The minimum Gasteiger partial charge on any atom is -0.390 e. The normalized spacial score (nSPS) is 11.4. The number of aryl methyl sites for hydroxylation is 1. The molecule has 0 spiro atoms. The largest absolute Gasteiger partial charge is 0.390 e. The van der Waals surface area contributed by atoms with Gasteiger partial charge in [0.2, 0.25) is 5.91 Å². The number of imidazole rings is 1. The number of hydrogen-bond donors (Lipinski definition) is 1. The Hall–Kier alpha value is -1.79. The molecule has 0 saturated heterocycles. The van der Waals surface area contributed by atoms with Gasteiger partial charge in [-0.1, -0.05) is 41.6 Å². The molecule has 0 atom stereocenters. The summed E-state index contributed by atoms with van der Waals surface area (Å²) in [6.45, 7) is 10.8. The maximum atomic E-state index is 12.6. The lowest BCUT2D eigenvalue weighted by molar-refractivity contribution is -0.131. The van der Waals surface area contributed by atoms with Gasteiger partial charge in [0.1, 0.15) is 0 Å². The summed E-state index contributed by atoms with van der Waals surface area (Å²) in [6.07, 6.45) is 1.86. The van der Waals surface area contributed by atoms with Crippen molar-refractivity contribution < 1.29 is 9.90 Å². The number of aromatic nitrogens is 2. The molecule has 0 aliphatic heterocycles. The summed E-state index contributed by atoms with van der Waals surface area (Å²) >= 11 is 1.43. The molecule has 1 aromatic heterocycles. The number of benzene rings is 1. The van der Waals surface area contributed by atoms with Crippen LogP contribution in [0.1, 0.15) is 44.5 Å². The molecule has 2 rings (SSSR count). The molecule has 0 unspecified atom stereocenters. The lowest BCUT2D eigenvalue weighted by Gasteiger charge is -2.30. The predicted molar refractivity (Wildman–Crippen MR) is 106 cm³/mol. The molecule has 0 aliphatic carbocycles. The Morgan fingerprint density at radius 3 is 2.35 bits per heavy atom. The van der Waals surface area contributed by atoms with E-state index in [9.17, 15) is 9.90 Å². The molecule has 26 heavy (non-hydrogen) atoms. The van der Waals surface area contributed by atoms with Gasteiger partial charge in [-0.15, -0.1) is 0 Å². The van der Waals surface area contributed by atoms with E-state index in [2.05, 4.69) is 36.2 Å². The second-order valence-electron chi connectivity index (χ2n) is 7.06. The van der Waals surface area contributed by atoms with Crippen molar-refractivity contribution in [3.63, 3.8) is 0 Å². The number of aliphatic hydroxyl groups is 1. The topological polar surface area (TPSA) is 58.4 Å². The summed E-state index contributed by atoms with van der Waals surface area (Å²) in [5, 5.41) is 10.2. The Balaban J connectivity index is 2.12. The van der Waals surface area contributed by atoms with Gasteiger partial charge < -0.3 is 14.6 Å². The minimum absolute atomic E-state index is 0.105. The molecule has 0 bridgehead atoms. The molecule has 0 fully saturated rings. The Morgan fingerprint density at radius 1 is 1.19 bits per heavy atom. The standard InChI is InChI=1S/C20H29N3O2S/c1-14(2)23(15(3)4)19(25)13-26-20-21-18(12-24)11-22(20)10-17-8-6-16(5)7-9-17/h6-9,11,14-15,24H,10,12-13H2,1-5H3. The van der Waals surface area contributed by atoms with E-state index in [-0.39, 0.29) is 24.6 Å². The van der Waals surface area contributed by atoms with Crippen molar-refractivity contribution in [1.82, 2.24) is 14.5 Å². The first-order valence-electron chi connectivity index (χ1n) is 8.98. The van der Waals surface area contributed by atoms with Gasteiger partial charge in [-0.05, 0) is 40.2 Å². The van der Waals surface area contributed by atoms with Crippen molar-refractivity contribution in [2.24, 2.45) is 0 Å². The first-order chi connectivity index (χ1) is 12.3. The Morgan fingerprint density at radius 2 is 1.81 bits per heavy atom. The van der Waals surface area contributed by atoms with Crippen LogP contribution < -0.4 is 0 Å². The number of thioether (sulfide) groups is 1. The Bertz CT molecular complexity index is 715. The van der Waals surface area contributed by atoms with Crippen LogP contribution in [0.3, 0.4) is 0 Å². The van der Waals surface area contributed by atoms with Crippen molar-refractivity contribution in [3.05, 3.63) is 47.3 Å². The van der Waals surface area contributed by atoms with E-state index in [1.165, 1.54) is 17.3 Å². The average Bonchev–Trinajstić information content (AvgIpc) is 2.96. The van der Waals surface area contributed by atoms with Crippen LogP contribution in [0, 0.1) is 6.92 Å². The van der Waals surface area contributed by atoms with Gasteiger partial charge in [0.15, 0.2) is 5.16 Å². The van der Waals surface area contributed by atoms with Crippen LogP contribution in [0.5, 0.6) is 0 Å². The zero-order valence-corrected chi connectivity index (χ0v) is 17.1. The maximum Gasteiger partial charge on any atom is 0.233 e. The first kappa shape index (κ1) is 20.5. The molecule has 5 nitrogen and oxygen atoms in total. The summed E-state index contributed by atoms with van der Waals surface area (Å²) in [4.78, 5) is 19.0. The van der Waals surface area contributed by atoms with Crippen molar-refractivity contribution in [3.8, 4) is 0 Å². The van der Waals surface area contributed by atoms with Gasteiger partial charge in [-0.3, -0.25) is 4.79 Å². The fraction of sp³-hybridized carbons (Fsp3) is 0.500. The minimum atomic E-state index is -0.105. The van der Waals surface area contributed by atoms with E-state index in [0.717, 1.165) is 10.7 Å². The van der Waals surface area contributed by atoms with Gasteiger partial charge >= 0.3 is 0 Å². The summed E-state index contributed by atoms with van der Waals surface area (Å²) in [5.74, 6) is 0.446. The Labute approximate surface area is 160 Å². The molecule has 1 heterocycles. The molecule has 0 saturated carbocycles. The summed E-state index contributed by atoms with van der Waals surface area (Å²) in [6, 6.07) is 8.68. The molecule has 1 aromatic carbocycles. The number of hydrogen-bond acceptors (Lipinski definition) is 4. The fourth-order valence-electron chi connectivity index (χ4n) is 3.02. The SMILES string of the molecule is Cc1ccc(Cn2cc(CO)nc2SCC(=O)N(C(C)C)C(C)C)cc1. The zero-order chi connectivity index (χ0) is 19.3. The van der Waals surface area contributed by atoms with Crippen LogP contribution in [0.2, 0.25) is 0 Å². The van der Waals surface area contributed by atoms with Crippen LogP contribution in [-0.2, 0) is 17.9 Å². The highest BCUT2D eigenvalue weighted by Crippen LogP contribution is 2.21. The summed E-state index contributed by atoms with van der Waals surface area (Å²) < 4.78 is 2.00. The van der Waals surface area contributed by atoms with E-state index in [0.29, 0.717) is 18.0 Å². The average molecular weight is 376 g/mol. The zero-order valence-electron chi connectivity index (χ0n) is 16.3. The lowest BCUT2D eigenvalue weighted by atomic mass is 10.1. The van der Waals surface area contributed by atoms with Gasteiger partial charge in [-0.2, -0.15) is 0 Å². The molecule has 1 N–H and O–H groups in total. The predicted octanol–water partition coefficient (Wildman–Crippen LogP) is 3.47. The van der Waals surface area contributed by atoms with E-state index >= 15 is 0 Å². The quantitative estimate of drug-likeness (QED) is 0.718. The number of carbonyl (C=O) groups excluding carboxylic acids is 1. The van der Waals surface area contributed by atoms with Crippen LogP contribution in [0.25, 0.3) is 0 Å².